The maximum absolute atomic E-state index is 12.2. The van der Waals surface area contributed by atoms with Crippen LogP contribution in [0.2, 0.25) is 0 Å². The minimum absolute atomic E-state index is 0.0285. The van der Waals surface area contributed by atoms with Gasteiger partial charge in [-0.05, 0) is 11.4 Å². The number of thiophene rings is 1. The number of sulfonamides is 1. The fraction of sp³-hybridized carbons (Fsp3) is 0.400. The topological polar surface area (TPSA) is 90.0 Å². The van der Waals surface area contributed by atoms with E-state index in [1.54, 1.807) is 0 Å². The Hall–Kier alpha value is -1.45. The van der Waals surface area contributed by atoms with Gasteiger partial charge in [-0.2, -0.15) is 4.31 Å². The SMILES string of the molecule is COC(=O)CN(C)S(=O)(=O)c1ccsc1C(=O)OC. The number of carbonyl (C=O) groups excluding carboxylic acids is 2. The first-order chi connectivity index (χ1) is 8.84. The maximum atomic E-state index is 12.2. The molecule has 0 unspecified atom stereocenters. The van der Waals surface area contributed by atoms with E-state index in [1.165, 1.54) is 18.5 Å². The Morgan fingerprint density at radius 2 is 1.95 bits per heavy atom. The molecule has 0 fully saturated rings. The van der Waals surface area contributed by atoms with E-state index in [9.17, 15) is 18.0 Å². The van der Waals surface area contributed by atoms with Gasteiger partial charge in [0.25, 0.3) is 0 Å². The predicted octanol–water partition coefficient (Wildman–Crippen LogP) is 0.328. The second-order valence-electron chi connectivity index (χ2n) is 3.44. The highest BCUT2D eigenvalue weighted by molar-refractivity contribution is 7.89. The molecule has 0 aliphatic rings. The molecule has 0 aliphatic heterocycles. The minimum atomic E-state index is -3.94. The summed E-state index contributed by atoms with van der Waals surface area (Å²) in [5.74, 6) is -1.43. The highest BCUT2D eigenvalue weighted by Crippen LogP contribution is 2.25. The number of esters is 2. The van der Waals surface area contributed by atoms with Gasteiger partial charge in [0.1, 0.15) is 16.3 Å². The van der Waals surface area contributed by atoms with Gasteiger partial charge in [0, 0.05) is 7.05 Å². The minimum Gasteiger partial charge on any atom is -0.468 e. The van der Waals surface area contributed by atoms with Gasteiger partial charge in [-0.1, -0.05) is 0 Å². The Morgan fingerprint density at radius 3 is 2.47 bits per heavy atom. The van der Waals surface area contributed by atoms with Crippen molar-refractivity contribution in [1.82, 2.24) is 4.31 Å². The van der Waals surface area contributed by atoms with Crippen molar-refractivity contribution in [2.45, 2.75) is 4.90 Å². The molecule has 1 rings (SSSR count). The van der Waals surface area contributed by atoms with Gasteiger partial charge in [-0.15, -0.1) is 11.3 Å². The van der Waals surface area contributed by atoms with Crippen molar-refractivity contribution < 1.29 is 27.5 Å². The van der Waals surface area contributed by atoms with Crippen LogP contribution in [0.4, 0.5) is 0 Å². The highest BCUT2D eigenvalue weighted by Gasteiger charge is 2.29. The summed E-state index contributed by atoms with van der Waals surface area (Å²) in [5.41, 5.74) is 0. The van der Waals surface area contributed by atoms with E-state index in [4.69, 9.17) is 0 Å². The van der Waals surface area contributed by atoms with Crippen LogP contribution < -0.4 is 0 Å². The summed E-state index contributed by atoms with van der Waals surface area (Å²) in [7, 11) is -0.394. The second-order valence-corrected chi connectivity index (χ2v) is 6.37. The number of carbonyl (C=O) groups is 2. The van der Waals surface area contributed by atoms with Crippen molar-refractivity contribution >= 4 is 33.3 Å². The lowest BCUT2D eigenvalue weighted by Crippen LogP contribution is -2.33. The van der Waals surface area contributed by atoms with Crippen LogP contribution in [0.1, 0.15) is 9.67 Å². The van der Waals surface area contributed by atoms with Gasteiger partial charge in [0.2, 0.25) is 10.0 Å². The number of likely N-dealkylation sites (N-methyl/N-ethyl adjacent to an activating group) is 1. The predicted molar refractivity (Wildman–Crippen MR) is 67.5 cm³/mol. The smallest absolute Gasteiger partial charge is 0.349 e. The fourth-order valence-electron chi connectivity index (χ4n) is 1.24. The third-order valence-electron chi connectivity index (χ3n) is 2.27. The molecule has 1 heterocycles. The van der Waals surface area contributed by atoms with Crippen molar-refractivity contribution in [3.63, 3.8) is 0 Å². The van der Waals surface area contributed by atoms with Crippen LogP contribution in [0, 0.1) is 0 Å². The lowest BCUT2D eigenvalue weighted by molar-refractivity contribution is -0.140. The Morgan fingerprint density at radius 1 is 1.32 bits per heavy atom. The first-order valence-electron chi connectivity index (χ1n) is 5.03. The van der Waals surface area contributed by atoms with Crippen molar-refractivity contribution in [2.24, 2.45) is 0 Å². The lowest BCUT2D eigenvalue weighted by atomic mass is 10.5. The number of hydrogen-bond donors (Lipinski definition) is 0. The molecule has 0 aliphatic carbocycles. The summed E-state index contributed by atoms with van der Waals surface area (Å²) in [6.45, 7) is -0.435. The Balaban J connectivity index is 3.10. The first-order valence-corrected chi connectivity index (χ1v) is 7.35. The summed E-state index contributed by atoms with van der Waals surface area (Å²) in [6.07, 6.45) is 0. The Labute approximate surface area is 114 Å². The molecule has 0 saturated heterocycles. The van der Waals surface area contributed by atoms with Crippen LogP contribution in [0.3, 0.4) is 0 Å². The second kappa shape index (κ2) is 6.13. The van der Waals surface area contributed by atoms with E-state index in [0.717, 1.165) is 29.9 Å². The molecular formula is C10H13NO6S2. The van der Waals surface area contributed by atoms with Crippen LogP contribution in [-0.4, -0.2) is 52.5 Å². The van der Waals surface area contributed by atoms with Crippen LogP contribution in [0.25, 0.3) is 0 Å². The zero-order chi connectivity index (χ0) is 14.6. The summed E-state index contributed by atoms with van der Waals surface area (Å²) in [5, 5.41) is 1.46. The van der Waals surface area contributed by atoms with E-state index in [2.05, 4.69) is 9.47 Å². The fourth-order valence-corrected chi connectivity index (χ4v) is 3.66. The largest absolute Gasteiger partial charge is 0.468 e. The normalized spacial score (nSPS) is 11.4. The molecule has 0 atom stereocenters. The Bertz CT molecular complexity index is 577. The molecule has 0 saturated carbocycles. The van der Waals surface area contributed by atoms with Crippen molar-refractivity contribution in [1.29, 1.82) is 0 Å². The van der Waals surface area contributed by atoms with Crippen LogP contribution in [0.5, 0.6) is 0 Å². The molecule has 0 N–H and O–H groups in total. The van der Waals surface area contributed by atoms with Gasteiger partial charge >= 0.3 is 11.9 Å². The third-order valence-corrected chi connectivity index (χ3v) is 5.14. The average molecular weight is 307 g/mol. The van der Waals surface area contributed by atoms with Gasteiger partial charge in [0.15, 0.2) is 0 Å². The summed E-state index contributed by atoms with van der Waals surface area (Å²) >= 11 is 0.955. The standard InChI is InChI=1S/C10H13NO6S2/c1-11(6-8(12)16-2)19(14,15)7-4-5-18-9(7)10(13)17-3/h4-5H,6H2,1-3H3. The van der Waals surface area contributed by atoms with E-state index in [1.807, 2.05) is 0 Å². The molecule has 9 heteroatoms. The van der Waals surface area contributed by atoms with Gasteiger partial charge in [-0.3, -0.25) is 4.79 Å². The van der Waals surface area contributed by atoms with Gasteiger partial charge < -0.3 is 9.47 Å². The van der Waals surface area contributed by atoms with Crippen LogP contribution >= 0.6 is 11.3 Å². The number of rotatable bonds is 5. The molecule has 0 spiro atoms. The lowest BCUT2D eigenvalue weighted by Gasteiger charge is -2.15. The summed E-state index contributed by atoms with van der Waals surface area (Å²) in [4.78, 5) is 22.3. The van der Waals surface area contributed by atoms with Crippen LogP contribution in [0.15, 0.2) is 16.3 Å². The number of methoxy groups -OCH3 is 2. The van der Waals surface area contributed by atoms with E-state index in [-0.39, 0.29) is 9.77 Å². The highest BCUT2D eigenvalue weighted by atomic mass is 32.2. The number of ether oxygens (including phenoxy) is 2. The third kappa shape index (κ3) is 3.31. The quantitative estimate of drug-likeness (QED) is 0.728. The van der Waals surface area contributed by atoms with Crippen molar-refractivity contribution in [3.8, 4) is 0 Å². The summed E-state index contributed by atoms with van der Waals surface area (Å²) in [6, 6.07) is 1.29. The number of nitrogens with zero attached hydrogens (tertiary/aromatic N) is 1. The molecule has 1 aromatic heterocycles. The molecule has 0 bridgehead atoms. The number of hydrogen-bond acceptors (Lipinski definition) is 7. The zero-order valence-corrected chi connectivity index (χ0v) is 12.2. The van der Waals surface area contributed by atoms with E-state index < -0.39 is 28.5 Å². The van der Waals surface area contributed by atoms with Crippen molar-refractivity contribution in [2.75, 3.05) is 27.8 Å². The Kier molecular flexibility index (Phi) is 5.04. The van der Waals surface area contributed by atoms with E-state index >= 15 is 0 Å². The molecule has 0 aromatic carbocycles. The van der Waals surface area contributed by atoms with Crippen molar-refractivity contribution in [3.05, 3.63) is 16.3 Å². The molecular weight excluding hydrogens is 294 g/mol. The maximum Gasteiger partial charge on any atom is 0.349 e. The average Bonchev–Trinajstić information content (AvgIpc) is 2.87. The summed E-state index contributed by atoms with van der Waals surface area (Å²) < 4.78 is 34.1. The molecule has 0 amide bonds. The zero-order valence-electron chi connectivity index (χ0n) is 10.6. The molecule has 7 nitrogen and oxygen atoms in total. The van der Waals surface area contributed by atoms with Gasteiger partial charge in [-0.25, -0.2) is 13.2 Å². The monoisotopic (exact) mass is 307 g/mol. The molecule has 0 radical (unpaired) electrons. The van der Waals surface area contributed by atoms with Crippen LogP contribution in [-0.2, 0) is 24.3 Å². The van der Waals surface area contributed by atoms with Gasteiger partial charge in [0.05, 0.1) is 14.2 Å². The molecule has 106 valence electrons. The van der Waals surface area contributed by atoms with E-state index in [0.29, 0.717) is 0 Å². The molecule has 1 aromatic rings. The first kappa shape index (κ1) is 15.6. The molecule has 19 heavy (non-hydrogen) atoms.